The van der Waals surface area contributed by atoms with E-state index in [0.29, 0.717) is 19.4 Å². The summed E-state index contributed by atoms with van der Waals surface area (Å²) < 4.78 is 5.21. The van der Waals surface area contributed by atoms with Crippen molar-refractivity contribution in [3.63, 3.8) is 0 Å². The maximum atomic E-state index is 12.3. The van der Waals surface area contributed by atoms with Gasteiger partial charge in [0.2, 0.25) is 0 Å². The fraction of sp³-hybridized carbons (Fsp3) is 0.588. The second-order valence-electron chi connectivity index (χ2n) is 6.00. The van der Waals surface area contributed by atoms with Crippen LogP contribution < -0.4 is 0 Å². The van der Waals surface area contributed by atoms with Gasteiger partial charge in [0, 0.05) is 5.92 Å². The van der Waals surface area contributed by atoms with E-state index in [1.165, 1.54) is 11.1 Å². The fourth-order valence-electron chi connectivity index (χ4n) is 4.01. The predicted molar refractivity (Wildman–Crippen MR) is 76.4 cm³/mol. The van der Waals surface area contributed by atoms with E-state index in [4.69, 9.17) is 4.74 Å². The minimum Gasteiger partial charge on any atom is -0.466 e. The van der Waals surface area contributed by atoms with E-state index in [0.717, 1.165) is 19.3 Å². The number of hydrogen-bond donors (Lipinski definition) is 1. The van der Waals surface area contributed by atoms with Crippen molar-refractivity contribution in [2.75, 3.05) is 6.61 Å². The molecule has 3 atom stereocenters. The lowest BCUT2D eigenvalue weighted by Gasteiger charge is -2.48. The summed E-state index contributed by atoms with van der Waals surface area (Å²) in [6.07, 6.45) is 4.38. The highest BCUT2D eigenvalue weighted by Crippen LogP contribution is 2.50. The van der Waals surface area contributed by atoms with E-state index >= 15 is 0 Å². The van der Waals surface area contributed by atoms with Crippen molar-refractivity contribution in [2.24, 2.45) is 5.92 Å². The first-order chi connectivity index (χ1) is 9.66. The van der Waals surface area contributed by atoms with Crippen LogP contribution in [0, 0.1) is 5.92 Å². The molecule has 3 nitrogen and oxygen atoms in total. The molecule has 0 radical (unpaired) electrons. The number of fused-ring (bicyclic) bond motifs is 3. The summed E-state index contributed by atoms with van der Waals surface area (Å²) in [5, 5.41) is 11.2. The lowest BCUT2D eigenvalue weighted by Crippen LogP contribution is -2.53. The molecule has 1 aromatic rings. The van der Waals surface area contributed by atoms with E-state index in [2.05, 4.69) is 12.1 Å². The zero-order chi connectivity index (χ0) is 14.2. The molecular formula is C17H22O3. The second-order valence-corrected chi connectivity index (χ2v) is 6.00. The van der Waals surface area contributed by atoms with Crippen LogP contribution in [0.15, 0.2) is 24.3 Å². The molecule has 1 N–H and O–H groups in total. The summed E-state index contributed by atoms with van der Waals surface area (Å²) in [6.45, 7) is 2.19. The predicted octanol–water partition coefficient (Wildman–Crippen LogP) is 2.81. The summed E-state index contributed by atoms with van der Waals surface area (Å²) in [5.74, 6) is -0.574. The first-order valence-electron chi connectivity index (χ1n) is 7.63. The Kier molecular flexibility index (Phi) is 3.55. The lowest BCUT2D eigenvalue weighted by atomic mass is 9.60. The Balaban J connectivity index is 2.02. The van der Waals surface area contributed by atoms with Gasteiger partial charge in [-0.15, -0.1) is 0 Å². The molecule has 0 aromatic heterocycles. The molecule has 1 fully saturated rings. The van der Waals surface area contributed by atoms with E-state index in [9.17, 15) is 9.90 Å². The van der Waals surface area contributed by atoms with Crippen molar-refractivity contribution in [1.82, 2.24) is 0 Å². The lowest BCUT2D eigenvalue weighted by molar-refractivity contribution is -0.164. The molecule has 3 heteroatoms. The Morgan fingerprint density at radius 1 is 1.40 bits per heavy atom. The van der Waals surface area contributed by atoms with Crippen LogP contribution in [0.5, 0.6) is 0 Å². The third-order valence-corrected chi connectivity index (χ3v) is 4.95. The average Bonchev–Trinajstić information content (AvgIpc) is 2.46. The van der Waals surface area contributed by atoms with Gasteiger partial charge in [0.05, 0.1) is 18.1 Å². The quantitative estimate of drug-likeness (QED) is 0.844. The molecule has 0 bridgehead atoms. The van der Waals surface area contributed by atoms with Gasteiger partial charge in [-0.1, -0.05) is 37.1 Å². The highest BCUT2D eigenvalue weighted by molar-refractivity contribution is 5.75. The third-order valence-electron chi connectivity index (χ3n) is 4.95. The highest BCUT2D eigenvalue weighted by Gasteiger charge is 2.52. The number of aliphatic hydroxyl groups is 1. The average molecular weight is 274 g/mol. The minimum atomic E-state index is -0.918. The van der Waals surface area contributed by atoms with E-state index < -0.39 is 11.5 Å². The maximum Gasteiger partial charge on any atom is 0.312 e. The van der Waals surface area contributed by atoms with Crippen molar-refractivity contribution in [3.05, 3.63) is 35.4 Å². The molecule has 2 aliphatic carbocycles. The van der Waals surface area contributed by atoms with E-state index in [1.54, 1.807) is 0 Å². The zero-order valence-electron chi connectivity index (χ0n) is 12.0. The number of hydrogen-bond acceptors (Lipinski definition) is 3. The van der Waals surface area contributed by atoms with Crippen molar-refractivity contribution in [3.8, 4) is 0 Å². The molecule has 1 aromatic carbocycles. The van der Waals surface area contributed by atoms with E-state index in [1.807, 2.05) is 19.1 Å². The van der Waals surface area contributed by atoms with Gasteiger partial charge in [-0.25, -0.2) is 0 Å². The molecule has 0 aliphatic heterocycles. The largest absolute Gasteiger partial charge is 0.466 e. The molecule has 108 valence electrons. The van der Waals surface area contributed by atoms with Crippen LogP contribution in [0.25, 0.3) is 0 Å². The van der Waals surface area contributed by atoms with Gasteiger partial charge >= 0.3 is 5.97 Å². The van der Waals surface area contributed by atoms with Gasteiger partial charge < -0.3 is 9.84 Å². The number of carbonyl (C=O) groups is 1. The molecule has 3 rings (SSSR count). The zero-order valence-corrected chi connectivity index (χ0v) is 12.0. The monoisotopic (exact) mass is 274 g/mol. The van der Waals surface area contributed by atoms with Crippen LogP contribution in [-0.4, -0.2) is 23.3 Å². The smallest absolute Gasteiger partial charge is 0.312 e. The topological polar surface area (TPSA) is 46.5 Å². The molecule has 0 spiro atoms. The van der Waals surface area contributed by atoms with Crippen LogP contribution >= 0.6 is 0 Å². The minimum absolute atomic E-state index is 0.0793. The van der Waals surface area contributed by atoms with Crippen molar-refractivity contribution >= 4 is 5.97 Å². The van der Waals surface area contributed by atoms with Crippen molar-refractivity contribution in [1.29, 1.82) is 0 Å². The van der Waals surface area contributed by atoms with Crippen LogP contribution in [0.1, 0.15) is 49.7 Å². The molecule has 0 amide bonds. The highest BCUT2D eigenvalue weighted by atomic mass is 16.5. The van der Waals surface area contributed by atoms with Crippen molar-refractivity contribution < 1.29 is 14.6 Å². The number of ether oxygens (including phenoxy) is 1. The fourth-order valence-corrected chi connectivity index (χ4v) is 4.01. The first kappa shape index (κ1) is 13.6. The Morgan fingerprint density at radius 2 is 2.20 bits per heavy atom. The first-order valence-corrected chi connectivity index (χ1v) is 7.63. The van der Waals surface area contributed by atoms with Crippen molar-refractivity contribution in [2.45, 2.75) is 50.5 Å². The molecule has 1 saturated carbocycles. The standard InChI is InChI=1S/C17H22O3/c1-2-20-16(18)15-11-12-7-3-4-8-13(12)14-9-5-6-10-17(14,15)19/h3-4,7-8,14-15,19H,2,5-6,9-11H2,1H3. The summed E-state index contributed by atoms with van der Waals surface area (Å²) in [4.78, 5) is 12.3. The van der Waals surface area contributed by atoms with Gasteiger partial charge in [-0.2, -0.15) is 0 Å². The number of esters is 1. The van der Waals surface area contributed by atoms with E-state index in [-0.39, 0.29) is 11.9 Å². The number of benzene rings is 1. The molecule has 20 heavy (non-hydrogen) atoms. The molecule has 0 saturated heterocycles. The normalized spacial score (nSPS) is 32.1. The maximum absolute atomic E-state index is 12.3. The van der Waals surface area contributed by atoms with Crippen LogP contribution in [-0.2, 0) is 16.0 Å². The Hall–Kier alpha value is -1.35. The van der Waals surface area contributed by atoms with Gasteiger partial charge in [-0.05, 0) is 37.3 Å². The number of carbonyl (C=O) groups excluding carboxylic acids is 1. The SMILES string of the molecule is CCOC(=O)C1Cc2ccccc2C2CCCCC12O. The Morgan fingerprint density at radius 3 is 3.00 bits per heavy atom. The third kappa shape index (κ3) is 2.05. The molecule has 2 aliphatic rings. The summed E-state index contributed by atoms with van der Waals surface area (Å²) in [6, 6.07) is 8.22. The Labute approximate surface area is 120 Å². The summed E-state index contributed by atoms with van der Waals surface area (Å²) >= 11 is 0. The Bertz CT molecular complexity index is 511. The van der Waals surface area contributed by atoms with Gasteiger partial charge in [0.1, 0.15) is 0 Å². The summed E-state index contributed by atoms with van der Waals surface area (Å²) in [5.41, 5.74) is 1.51. The van der Waals surface area contributed by atoms with Crippen LogP contribution in [0.2, 0.25) is 0 Å². The van der Waals surface area contributed by atoms with Crippen LogP contribution in [0.3, 0.4) is 0 Å². The second kappa shape index (κ2) is 5.21. The summed E-state index contributed by atoms with van der Waals surface area (Å²) in [7, 11) is 0. The van der Waals surface area contributed by atoms with Gasteiger partial charge in [-0.3, -0.25) is 4.79 Å². The van der Waals surface area contributed by atoms with Gasteiger partial charge in [0.15, 0.2) is 0 Å². The number of rotatable bonds is 2. The molecular weight excluding hydrogens is 252 g/mol. The van der Waals surface area contributed by atoms with Gasteiger partial charge in [0.25, 0.3) is 0 Å². The van der Waals surface area contributed by atoms with Crippen LogP contribution in [0.4, 0.5) is 0 Å². The molecule has 0 heterocycles. The molecule has 3 unspecified atom stereocenters.